The number of nitrogens with one attached hydrogen (secondary N) is 2. The Kier molecular flexibility index (Phi) is 6.18. The molecule has 2 aromatic carbocycles. The highest BCUT2D eigenvalue weighted by Gasteiger charge is 2.08. The third-order valence-electron chi connectivity index (χ3n) is 3.68. The van der Waals surface area contributed by atoms with Crippen molar-refractivity contribution in [1.29, 1.82) is 0 Å². The second-order valence-corrected chi connectivity index (χ2v) is 6.12. The van der Waals surface area contributed by atoms with Crippen LogP contribution >= 0.6 is 11.6 Å². The summed E-state index contributed by atoms with van der Waals surface area (Å²) in [6.07, 6.45) is 0. The van der Waals surface area contributed by atoms with Gasteiger partial charge in [0.05, 0.1) is 12.2 Å². The largest absolute Gasteiger partial charge is 0.462 e. The van der Waals surface area contributed by atoms with E-state index in [0.717, 1.165) is 5.69 Å². The minimum absolute atomic E-state index is 0.304. The fourth-order valence-electron chi connectivity index (χ4n) is 2.31. The van der Waals surface area contributed by atoms with Crippen molar-refractivity contribution in [2.45, 2.75) is 6.92 Å². The lowest BCUT2D eigenvalue weighted by Gasteiger charge is -2.08. The van der Waals surface area contributed by atoms with Crippen LogP contribution in [0.25, 0.3) is 0 Å². The number of amides is 1. The maximum Gasteiger partial charge on any atom is 0.338 e. The first-order chi connectivity index (χ1) is 13.5. The van der Waals surface area contributed by atoms with E-state index in [1.54, 1.807) is 67.6 Å². The Morgan fingerprint density at radius 3 is 2.11 bits per heavy atom. The second-order valence-electron chi connectivity index (χ2n) is 5.69. The first kappa shape index (κ1) is 19.3. The molecule has 0 fully saturated rings. The molecule has 0 aliphatic rings. The summed E-state index contributed by atoms with van der Waals surface area (Å²) in [7, 11) is 0. The van der Waals surface area contributed by atoms with E-state index in [0.29, 0.717) is 34.4 Å². The number of rotatable bonds is 6. The van der Waals surface area contributed by atoms with Crippen LogP contribution in [-0.4, -0.2) is 28.7 Å². The minimum atomic E-state index is -0.366. The van der Waals surface area contributed by atoms with E-state index < -0.39 is 0 Å². The van der Waals surface area contributed by atoms with Gasteiger partial charge in [-0.2, -0.15) is 0 Å². The summed E-state index contributed by atoms with van der Waals surface area (Å²) in [4.78, 5) is 23.8. The van der Waals surface area contributed by atoms with Gasteiger partial charge in [0.1, 0.15) is 0 Å². The van der Waals surface area contributed by atoms with Crippen LogP contribution in [-0.2, 0) is 4.74 Å². The number of aromatic nitrogens is 2. The van der Waals surface area contributed by atoms with Gasteiger partial charge in [-0.25, -0.2) is 4.79 Å². The quantitative estimate of drug-likeness (QED) is 0.603. The van der Waals surface area contributed by atoms with Gasteiger partial charge in [0.25, 0.3) is 5.91 Å². The van der Waals surface area contributed by atoms with Crippen LogP contribution in [0.15, 0.2) is 60.7 Å². The molecule has 0 radical (unpaired) electrons. The van der Waals surface area contributed by atoms with E-state index in [4.69, 9.17) is 16.3 Å². The molecule has 0 aliphatic heterocycles. The highest BCUT2D eigenvalue weighted by atomic mass is 35.5. The van der Waals surface area contributed by atoms with Gasteiger partial charge in [0.2, 0.25) is 0 Å². The van der Waals surface area contributed by atoms with Gasteiger partial charge in [0.15, 0.2) is 11.6 Å². The lowest BCUT2D eigenvalue weighted by Crippen LogP contribution is -2.13. The van der Waals surface area contributed by atoms with Crippen LogP contribution in [0.3, 0.4) is 0 Å². The molecule has 0 unspecified atom stereocenters. The highest BCUT2D eigenvalue weighted by molar-refractivity contribution is 6.30. The molecular weight excluding hydrogens is 380 g/mol. The van der Waals surface area contributed by atoms with Gasteiger partial charge in [0, 0.05) is 16.3 Å². The number of esters is 1. The molecule has 0 spiro atoms. The van der Waals surface area contributed by atoms with Gasteiger partial charge in [-0.3, -0.25) is 4.79 Å². The Balaban J connectivity index is 1.60. The van der Waals surface area contributed by atoms with Crippen LogP contribution in [0.5, 0.6) is 0 Å². The van der Waals surface area contributed by atoms with Crippen LogP contribution in [0, 0.1) is 0 Å². The molecule has 0 saturated carbocycles. The molecule has 1 aromatic heterocycles. The monoisotopic (exact) mass is 396 g/mol. The number of halogens is 1. The Morgan fingerprint density at radius 2 is 1.50 bits per heavy atom. The Morgan fingerprint density at radius 1 is 0.893 bits per heavy atom. The second kappa shape index (κ2) is 8.96. The highest BCUT2D eigenvalue weighted by Crippen LogP contribution is 2.17. The average molecular weight is 397 g/mol. The fraction of sp³-hybridized carbons (Fsp3) is 0.100. The van der Waals surface area contributed by atoms with Gasteiger partial charge < -0.3 is 15.4 Å². The number of ether oxygens (including phenoxy) is 1. The maximum atomic E-state index is 12.2. The van der Waals surface area contributed by atoms with Crippen molar-refractivity contribution >= 4 is 40.8 Å². The molecular formula is C20H17ClN4O3. The van der Waals surface area contributed by atoms with Gasteiger partial charge >= 0.3 is 5.97 Å². The first-order valence-corrected chi connectivity index (χ1v) is 8.88. The van der Waals surface area contributed by atoms with E-state index in [2.05, 4.69) is 20.8 Å². The molecule has 1 heterocycles. The van der Waals surface area contributed by atoms with Gasteiger partial charge in [-0.15, -0.1) is 10.2 Å². The van der Waals surface area contributed by atoms with Crippen LogP contribution in [0.2, 0.25) is 5.02 Å². The molecule has 3 rings (SSSR count). The lowest BCUT2D eigenvalue weighted by molar-refractivity contribution is 0.0526. The number of benzene rings is 2. The molecule has 0 aliphatic carbocycles. The zero-order valence-electron chi connectivity index (χ0n) is 15.0. The van der Waals surface area contributed by atoms with Crippen molar-refractivity contribution in [2.24, 2.45) is 0 Å². The van der Waals surface area contributed by atoms with Crippen LogP contribution in [0.1, 0.15) is 27.6 Å². The summed E-state index contributed by atoms with van der Waals surface area (Å²) in [5.74, 6) is 0.146. The summed E-state index contributed by atoms with van der Waals surface area (Å²) in [5.41, 5.74) is 1.68. The number of carbonyl (C=O) groups excluding carboxylic acids is 2. The van der Waals surface area contributed by atoms with Crippen molar-refractivity contribution in [1.82, 2.24) is 10.2 Å². The summed E-state index contributed by atoms with van der Waals surface area (Å²) < 4.78 is 4.95. The van der Waals surface area contributed by atoms with E-state index in [1.807, 2.05) is 0 Å². The molecule has 142 valence electrons. The van der Waals surface area contributed by atoms with Crippen LogP contribution in [0.4, 0.5) is 17.3 Å². The average Bonchev–Trinajstić information content (AvgIpc) is 2.70. The molecule has 2 N–H and O–H groups in total. The third kappa shape index (κ3) is 5.05. The molecule has 28 heavy (non-hydrogen) atoms. The van der Waals surface area contributed by atoms with Crippen molar-refractivity contribution in [3.63, 3.8) is 0 Å². The lowest BCUT2D eigenvalue weighted by atomic mass is 10.2. The van der Waals surface area contributed by atoms with E-state index in [1.165, 1.54) is 0 Å². The van der Waals surface area contributed by atoms with Crippen LogP contribution < -0.4 is 10.6 Å². The Labute approximate surface area is 166 Å². The Bertz CT molecular complexity index is 958. The minimum Gasteiger partial charge on any atom is -0.462 e. The molecule has 8 heteroatoms. The third-order valence-corrected chi connectivity index (χ3v) is 3.93. The fourth-order valence-corrected chi connectivity index (χ4v) is 2.43. The molecule has 0 bridgehead atoms. The zero-order valence-corrected chi connectivity index (χ0v) is 15.7. The summed E-state index contributed by atoms with van der Waals surface area (Å²) in [6, 6.07) is 16.7. The van der Waals surface area contributed by atoms with E-state index in [-0.39, 0.29) is 11.9 Å². The number of nitrogens with zero attached hydrogens (tertiary/aromatic N) is 2. The van der Waals surface area contributed by atoms with E-state index >= 15 is 0 Å². The first-order valence-electron chi connectivity index (χ1n) is 8.50. The number of hydrogen-bond acceptors (Lipinski definition) is 6. The Hall–Kier alpha value is -3.45. The predicted molar refractivity (Wildman–Crippen MR) is 107 cm³/mol. The molecule has 1 amide bonds. The van der Waals surface area contributed by atoms with E-state index in [9.17, 15) is 9.59 Å². The standard InChI is InChI=1S/C20H17ClN4O3/c1-2-28-20(27)14-5-9-16(10-6-14)22-17-11-12-18(25-24-17)23-19(26)13-3-7-15(21)8-4-13/h3-12H,2H2,1H3,(H,22,24)(H,23,25,26). The number of anilines is 3. The summed E-state index contributed by atoms with van der Waals surface area (Å²) >= 11 is 5.81. The molecule has 3 aromatic rings. The zero-order chi connectivity index (χ0) is 19.9. The maximum absolute atomic E-state index is 12.2. The summed E-state index contributed by atoms with van der Waals surface area (Å²) in [5, 5.41) is 14.3. The van der Waals surface area contributed by atoms with Crippen molar-refractivity contribution in [3.8, 4) is 0 Å². The SMILES string of the molecule is CCOC(=O)c1ccc(Nc2ccc(NC(=O)c3ccc(Cl)cc3)nn2)cc1. The topological polar surface area (TPSA) is 93.2 Å². The predicted octanol–water partition coefficient (Wildman–Crippen LogP) is 4.30. The number of hydrogen-bond donors (Lipinski definition) is 2. The van der Waals surface area contributed by atoms with Crippen molar-refractivity contribution in [3.05, 3.63) is 76.8 Å². The van der Waals surface area contributed by atoms with Gasteiger partial charge in [-0.05, 0) is 67.6 Å². The molecule has 0 saturated heterocycles. The van der Waals surface area contributed by atoms with Gasteiger partial charge in [-0.1, -0.05) is 11.6 Å². The smallest absolute Gasteiger partial charge is 0.338 e. The van der Waals surface area contributed by atoms with Crippen molar-refractivity contribution in [2.75, 3.05) is 17.2 Å². The number of carbonyl (C=O) groups is 2. The summed E-state index contributed by atoms with van der Waals surface area (Å²) in [6.45, 7) is 2.09. The van der Waals surface area contributed by atoms with Crippen molar-refractivity contribution < 1.29 is 14.3 Å². The normalized spacial score (nSPS) is 10.2. The molecule has 7 nitrogen and oxygen atoms in total. The molecule has 0 atom stereocenters.